The zero-order chi connectivity index (χ0) is 8.91. The minimum absolute atomic E-state index is 1.10. The van der Waals surface area contributed by atoms with Gasteiger partial charge < -0.3 is 9.11 Å². The summed E-state index contributed by atoms with van der Waals surface area (Å²) in [6.07, 6.45) is 0. The summed E-state index contributed by atoms with van der Waals surface area (Å²) in [7, 11) is -5.17. The molecule has 6 nitrogen and oxygen atoms in total. The van der Waals surface area contributed by atoms with Crippen molar-refractivity contribution >= 4 is 27.3 Å². The van der Waals surface area contributed by atoms with Crippen LogP contribution in [0.4, 0.5) is 0 Å². The van der Waals surface area contributed by atoms with Crippen LogP contribution in [0.15, 0.2) is 0 Å². The molecule has 4 N–H and O–H groups in total. The van der Waals surface area contributed by atoms with E-state index in [0.717, 1.165) is 11.7 Å². The quantitative estimate of drug-likeness (QED) is 0.305. The van der Waals surface area contributed by atoms with E-state index in [0.29, 0.717) is 0 Å². The maximum Gasteiger partial charge on any atom is 0.394 e. The monoisotopic (exact) mass is 200 g/mol. The van der Waals surface area contributed by atoms with Gasteiger partial charge in [0.15, 0.2) is 6.54 Å². The number of amidine groups is 1. The number of thioether (sulfide) groups is 1. The van der Waals surface area contributed by atoms with Crippen molar-refractivity contribution in [1.29, 1.82) is 0 Å². The molecule has 0 radical (unpaired) electrons. The number of rotatable bonds is 0. The molecule has 0 bridgehead atoms. The number of quaternary nitrogens is 1. The fraction of sp³-hybridized carbons (Fsp3) is 0.667. The highest BCUT2D eigenvalue weighted by Gasteiger charge is 2.10. The summed E-state index contributed by atoms with van der Waals surface area (Å²) in [6, 6.07) is 0. The Bertz CT molecular complexity index is 226. The molecular weight excluding hydrogens is 192 g/mol. The summed E-state index contributed by atoms with van der Waals surface area (Å²) in [5.74, 6) is 1.19. The Morgan fingerprint density at radius 1 is 1.55 bits per heavy atom. The van der Waals surface area contributed by atoms with Gasteiger partial charge in [0.1, 0.15) is 0 Å². The summed E-state index contributed by atoms with van der Waals surface area (Å²) in [5.41, 5.74) is 3.71. The maximum absolute atomic E-state index is 8.52. The molecule has 0 saturated carbocycles. The van der Waals surface area contributed by atoms with Gasteiger partial charge in [0.05, 0.1) is 5.75 Å². The van der Waals surface area contributed by atoms with Gasteiger partial charge in [-0.05, 0) is 0 Å². The summed E-state index contributed by atoms with van der Waals surface area (Å²) in [6.45, 7) is 1.10. The van der Waals surface area contributed by atoms with E-state index in [1.54, 1.807) is 11.8 Å². The number of hydrogen-bond donors (Lipinski definition) is 2. The summed E-state index contributed by atoms with van der Waals surface area (Å²) < 4.78 is 34.1. The van der Waals surface area contributed by atoms with E-state index in [1.165, 1.54) is 5.75 Å². The maximum atomic E-state index is 8.52. The van der Waals surface area contributed by atoms with Crippen molar-refractivity contribution in [2.75, 3.05) is 12.3 Å². The van der Waals surface area contributed by atoms with Crippen LogP contribution in [0.2, 0.25) is 0 Å². The Hall–Kier alpha value is -0.150. The highest BCUT2D eigenvalue weighted by atomic mass is 32.3. The molecular formula is C3H8N2O4S2. The molecule has 11 heavy (non-hydrogen) atoms. The first-order valence-corrected chi connectivity index (χ1v) is 4.94. The fourth-order valence-electron chi connectivity index (χ4n) is 0.416. The average Bonchev–Trinajstić information content (AvgIpc) is 2.12. The van der Waals surface area contributed by atoms with Gasteiger partial charge in [0.25, 0.3) is 0 Å². The third-order valence-electron chi connectivity index (χ3n) is 0.701. The molecule has 0 aromatic heterocycles. The van der Waals surface area contributed by atoms with Gasteiger partial charge in [0.2, 0.25) is 0 Å². The van der Waals surface area contributed by atoms with Gasteiger partial charge in [-0.1, -0.05) is 0 Å². The molecule has 0 fully saturated rings. The van der Waals surface area contributed by atoms with Crippen LogP contribution in [-0.2, 0) is 10.4 Å². The molecule has 0 amide bonds. The SMILES string of the molecule is O=S(=O)([O-])[O-].[NH3+]C1=[NH+]CCS1. The minimum Gasteiger partial charge on any atom is -0.759 e. The Kier molecular flexibility index (Phi) is 4.61. The topological polar surface area (TPSA) is 122 Å². The van der Waals surface area contributed by atoms with Gasteiger partial charge in [-0.3, -0.25) is 14.2 Å². The normalized spacial score (nSPS) is 16.8. The van der Waals surface area contributed by atoms with E-state index in [9.17, 15) is 0 Å². The molecule has 0 unspecified atom stereocenters. The van der Waals surface area contributed by atoms with E-state index in [-0.39, 0.29) is 0 Å². The molecule has 1 aliphatic rings. The molecule has 0 atom stereocenters. The van der Waals surface area contributed by atoms with Gasteiger partial charge in [-0.15, -0.1) is 0 Å². The highest BCUT2D eigenvalue weighted by Crippen LogP contribution is 1.92. The second-order valence-corrected chi connectivity index (χ2v) is 3.61. The Morgan fingerprint density at radius 3 is 2.09 bits per heavy atom. The fourth-order valence-corrected chi connectivity index (χ4v) is 1.07. The second kappa shape index (κ2) is 4.67. The zero-order valence-corrected chi connectivity index (χ0v) is 7.20. The first kappa shape index (κ1) is 10.8. The van der Waals surface area contributed by atoms with Crippen molar-refractivity contribution in [3.8, 4) is 0 Å². The Morgan fingerprint density at radius 2 is 2.00 bits per heavy atom. The molecule has 0 aliphatic carbocycles. The highest BCUT2D eigenvalue weighted by molar-refractivity contribution is 8.13. The van der Waals surface area contributed by atoms with Gasteiger partial charge in [-0.25, -0.2) is 0 Å². The first-order chi connectivity index (χ1) is 4.89. The second-order valence-electron chi connectivity index (χ2n) is 1.61. The number of hydrogen-bond acceptors (Lipinski definition) is 5. The van der Waals surface area contributed by atoms with Crippen LogP contribution in [0.3, 0.4) is 0 Å². The molecule has 0 spiro atoms. The van der Waals surface area contributed by atoms with Crippen molar-refractivity contribution in [1.82, 2.24) is 0 Å². The van der Waals surface area contributed by atoms with Crippen LogP contribution < -0.4 is 10.7 Å². The number of nitrogens with one attached hydrogen (secondary N) is 1. The molecule has 66 valence electrons. The Balaban J connectivity index is 0.000000187. The van der Waals surface area contributed by atoms with Gasteiger partial charge in [0, 0.05) is 22.2 Å². The van der Waals surface area contributed by atoms with Gasteiger partial charge in [-0.2, -0.15) is 4.99 Å². The lowest BCUT2D eigenvalue weighted by molar-refractivity contribution is -0.487. The van der Waals surface area contributed by atoms with E-state index >= 15 is 0 Å². The van der Waals surface area contributed by atoms with Gasteiger partial charge >= 0.3 is 5.17 Å². The summed E-state index contributed by atoms with van der Waals surface area (Å²) in [5, 5.41) is 1.12. The third kappa shape index (κ3) is 12.9. The molecule has 1 heterocycles. The summed E-state index contributed by atoms with van der Waals surface area (Å²) in [4.78, 5) is 3.09. The van der Waals surface area contributed by atoms with Crippen LogP contribution in [-0.4, -0.2) is 35.0 Å². The smallest absolute Gasteiger partial charge is 0.394 e. The van der Waals surface area contributed by atoms with Crippen molar-refractivity contribution in [3.63, 3.8) is 0 Å². The molecule has 0 aromatic rings. The standard InChI is InChI=1S/C3H6N2S.H2O4S/c4-3-5-1-2-6-3;1-5(2,3)4/h1-2H2,(H2,4,5);(H2,1,2,3,4). The lowest BCUT2D eigenvalue weighted by atomic mass is 10.8. The predicted molar refractivity (Wildman–Crippen MR) is 36.7 cm³/mol. The van der Waals surface area contributed by atoms with Crippen molar-refractivity contribution < 1.29 is 28.2 Å². The van der Waals surface area contributed by atoms with Crippen LogP contribution in [0.5, 0.6) is 0 Å². The molecule has 0 saturated heterocycles. The average molecular weight is 200 g/mol. The van der Waals surface area contributed by atoms with Crippen LogP contribution in [0.1, 0.15) is 0 Å². The van der Waals surface area contributed by atoms with Crippen LogP contribution >= 0.6 is 11.8 Å². The molecule has 0 aromatic carbocycles. The molecule has 1 rings (SSSR count). The zero-order valence-electron chi connectivity index (χ0n) is 5.57. The van der Waals surface area contributed by atoms with E-state index < -0.39 is 10.4 Å². The van der Waals surface area contributed by atoms with Crippen LogP contribution in [0, 0.1) is 0 Å². The lowest BCUT2D eigenvalue weighted by Gasteiger charge is -2.06. The van der Waals surface area contributed by atoms with E-state index in [4.69, 9.17) is 17.5 Å². The largest absolute Gasteiger partial charge is 0.759 e. The van der Waals surface area contributed by atoms with Crippen molar-refractivity contribution in [2.45, 2.75) is 0 Å². The van der Waals surface area contributed by atoms with Crippen molar-refractivity contribution in [2.24, 2.45) is 0 Å². The molecule has 8 heteroatoms. The van der Waals surface area contributed by atoms with Crippen molar-refractivity contribution in [3.05, 3.63) is 0 Å². The predicted octanol–water partition coefficient (Wildman–Crippen LogP) is -3.93. The minimum atomic E-state index is -5.17. The van der Waals surface area contributed by atoms with E-state index in [1.807, 2.05) is 0 Å². The lowest BCUT2D eigenvalue weighted by Crippen LogP contribution is -2.81. The summed E-state index contributed by atoms with van der Waals surface area (Å²) >= 11 is 1.79. The Labute approximate surface area is 68.5 Å². The first-order valence-electron chi connectivity index (χ1n) is 2.62. The molecule has 1 aliphatic heterocycles. The van der Waals surface area contributed by atoms with E-state index in [2.05, 4.69) is 10.7 Å². The van der Waals surface area contributed by atoms with Crippen LogP contribution in [0.25, 0.3) is 0 Å². The third-order valence-corrected chi connectivity index (χ3v) is 1.60.